The van der Waals surface area contributed by atoms with E-state index in [1.54, 1.807) is 0 Å². The van der Waals surface area contributed by atoms with Gasteiger partial charge in [-0.3, -0.25) is 5.41 Å². The number of aryl methyl sites for hydroxylation is 2. The van der Waals surface area contributed by atoms with Crippen molar-refractivity contribution in [1.29, 1.82) is 5.41 Å². The van der Waals surface area contributed by atoms with Crippen LogP contribution in [-0.2, 0) is 0 Å². The highest BCUT2D eigenvalue weighted by Crippen LogP contribution is 2.31. The Hall–Kier alpha value is -1.40. The molecule has 0 unspecified atom stereocenters. The molecule has 4 nitrogen and oxygen atoms in total. The summed E-state index contributed by atoms with van der Waals surface area (Å²) < 4.78 is 5.00. The van der Waals surface area contributed by atoms with Crippen LogP contribution in [0.2, 0.25) is 0 Å². The molecule has 1 heterocycles. The molecule has 1 aromatic heterocycles. The quantitative estimate of drug-likeness (QED) is 0.660. The minimum absolute atomic E-state index is 0.0810. The summed E-state index contributed by atoms with van der Waals surface area (Å²) in [6.45, 7) is 3.84. The Balaban J connectivity index is 2.35. The van der Waals surface area contributed by atoms with Gasteiger partial charge in [0.1, 0.15) is 11.7 Å². The molecule has 3 N–H and O–H groups in total. The van der Waals surface area contributed by atoms with Crippen molar-refractivity contribution in [3.8, 4) is 0 Å². The molecular weight excluding hydrogens is 252 g/mol. The first-order valence-electron chi connectivity index (χ1n) is 4.99. The Morgan fingerprint density at radius 1 is 1.41 bits per heavy atom. The molecule has 0 bridgehead atoms. The first-order chi connectivity index (χ1) is 8.06. The molecule has 0 amide bonds. The number of benzene rings is 1. The summed E-state index contributed by atoms with van der Waals surface area (Å²) in [5.74, 6) is 0.853. The smallest absolute Gasteiger partial charge is 0.174 e. The van der Waals surface area contributed by atoms with Gasteiger partial charge in [0.05, 0.1) is 0 Å². The minimum Gasteiger partial charge on any atom is -0.384 e. The lowest BCUT2D eigenvalue weighted by molar-refractivity contribution is 1.10. The normalized spacial score (nSPS) is 10.5. The number of nitrogens with one attached hydrogen (secondary N) is 1. The van der Waals surface area contributed by atoms with Crippen LogP contribution in [0.4, 0.5) is 0 Å². The van der Waals surface area contributed by atoms with E-state index in [1.165, 1.54) is 23.3 Å². The number of hydrogen-bond acceptors (Lipinski definition) is 5. The molecule has 88 valence electrons. The highest BCUT2D eigenvalue weighted by molar-refractivity contribution is 8.01. The predicted molar refractivity (Wildman–Crippen MR) is 71.0 cm³/mol. The largest absolute Gasteiger partial charge is 0.384 e. The van der Waals surface area contributed by atoms with E-state index in [4.69, 9.17) is 11.1 Å². The van der Waals surface area contributed by atoms with Crippen molar-refractivity contribution < 1.29 is 0 Å². The van der Waals surface area contributed by atoms with Crippen molar-refractivity contribution >= 4 is 29.1 Å². The van der Waals surface area contributed by atoms with Gasteiger partial charge in [-0.2, -0.15) is 4.37 Å². The van der Waals surface area contributed by atoms with Crippen LogP contribution < -0.4 is 5.73 Å². The summed E-state index contributed by atoms with van der Waals surface area (Å²) in [7, 11) is 0. The second-order valence-electron chi connectivity index (χ2n) is 3.62. The number of rotatable bonds is 3. The van der Waals surface area contributed by atoms with E-state index in [-0.39, 0.29) is 5.84 Å². The Morgan fingerprint density at radius 2 is 2.18 bits per heavy atom. The fraction of sp³-hybridized carbons (Fsp3) is 0.182. The summed E-state index contributed by atoms with van der Waals surface area (Å²) in [6.07, 6.45) is 0. The van der Waals surface area contributed by atoms with Crippen LogP contribution in [0, 0.1) is 19.3 Å². The molecule has 0 aliphatic rings. The zero-order valence-electron chi connectivity index (χ0n) is 9.52. The van der Waals surface area contributed by atoms with E-state index in [2.05, 4.69) is 9.36 Å². The Kier molecular flexibility index (Phi) is 3.44. The van der Waals surface area contributed by atoms with Crippen molar-refractivity contribution in [3.05, 3.63) is 35.2 Å². The van der Waals surface area contributed by atoms with Crippen LogP contribution in [0.5, 0.6) is 0 Å². The van der Waals surface area contributed by atoms with E-state index >= 15 is 0 Å². The van der Waals surface area contributed by atoms with Crippen LogP contribution in [0.15, 0.2) is 27.4 Å². The van der Waals surface area contributed by atoms with Crippen LogP contribution in [0.1, 0.15) is 17.0 Å². The molecule has 0 saturated carbocycles. The predicted octanol–water partition coefficient (Wildman–Crippen LogP) is 2.59. The van der Waals surface area contributed by atoms with Gasteiger partial charge in [0.2, 0.25) is 0 Å². The molecule has 0 radical (unpaired) electrons. The molecule has 17 heavy (non-hydrogen) atoms. The second kappa shape index (κ2) is 4.85. The highest BCUT2D eigenvalue weighted by Gasteiger charge is 2.10. The fourth-order valence-electron chi connectivity index (χ4n) is 1.36. The molecule has 2 rings (SSSR count). The SMILES string of the molecule is Cc1ccc(Sc2nc(C)ns2)c(C(=N)N)c1. The van der Waals surface area contributed by atoms with Gasteiger partial charge in [-0.1, -0.05) is 23.4 Å². The summed E-state index contributed by atoms with van der Waals surface area (Å²) in [6, 6.07) is 5.88. The maximum absolute atomic E-state index is 7.58. The van der Waals surface area contributed by atoms with Crippen LogP contribution >= 0.6 is 23.3 Å². The Morgan fingerprint density at radius 3 is 2.76 bits per heavy atom. The first-order valence-corrected chi connectivity index (χ1v) is 6.58. The van der Waals surface area contributed by atoms with Crippen molar-refractivity contribution in [2.24, 2.45) is 5.73 Å². The summed E-state index contributed by atoms with van der Waals surface area (Å²) >= 11 is 2.86. The van der Waals surface area contributed by atoms with Gasteiger partial charge in [-0.15, -0.1) is 0 Å². The van der Waals surface area contributed by atoms with Gasteiger partial charge in [-0.05, 0) is 37.5 Å². The molecule has 0 fully saturated rings. The van der Waals surface area contributed by atoms with Crippen LogP contribution in [0.3, 0.4) is 0 Å². The molecule has 0 aliphatic heterocycles. The number of nitrogens with zero attached hydrogens (tertiary/aromatic N) is 2. The molecule has 1 aromatic carbocycles. The lowest BCUT2D eigenvalue weighted by atomic mass is 10.1. The second-order valence-corrected chi connectivity index (χ2v) is 5.66. The first kappa shape index (κ1) is 12.1. The molecule has 0 aliphatic carbocycles. The number of amidine groups is 1. The standard InChI is InChI=1S/C11H12N4S2/c1-6-3-4-9(8(5-6)10(12)13)16-11-14-7(2)15-17-11/h3-5H,1-2H3,(H3,12,13). The molecular formula is C11H12N4S2. The fourth-order valence-corrected chi connectivity index (χ4v) is 3.09. The highest BCUT2D eigenvalue weighted by atomic mass is 32.2. The average molecular weight is 264 g/mol. The molecule has 0 saturated heterocycles. The van der Waals surface area contributed by atoms with Gasteiger partial charge in [0, 0.05) is 10.5 Å². The number of hydrogen-bond donors (Lipinski definition) is 2. The summed E-state index contributed by atoms with van der Waals surface area (Å²) in [5.41, 5.74) is 7.42. The van der Waals surface area contributed by atoms with Crippen molar-refractivity contribution in [2.45, 2.75) is 23.1 Å². The van der Waals surface area contributed by atoms with Gasteiger partial charge in [0.25, 0.3) is 0 Å². The monoisotopic (exact) mass is 264 g/mol. The van der Waals surface area contributed by atoms with E-state index in [1.807, 2.05) is 32.0 Å². The van der Waals surface area contributed by atoms with Gasteiger partial charge in [0.15, 0.2) is 4.34 Å². The third kappa shape index (κ3) is 2.83. The maximum Gasteiger partial charge on any atom is 0.174 e. The number of aromatic nitrogens is 2. The summed E-state index contributed by atoms with van der Waals surface area (Å²) in [5, 5.41) is 7.58. The van der Waals surface area contributed by atoms with Crippen molar-refractivity contribution in [2.75, 3.05) is 0 Å². The third-order valence-corrected chi connectivity index (χ3v) is 4.05. The van der Waals surface area contributed by atoms with Gasteiger partial charge >= 0.3 is 0 Å². The zero-order valence-corrected chi connectivity index (χ0v) is 11.2. The Labute approximate surface area is 108 Å². The maximum atomic E-state index is 7.58. The van der Waals surface area contributed by atoms with Crippen molar-refractivity contribution in [3.63, 3.8) is 0 Å². The summed E-state index contributed by atoms with van der Waals surface area (Å²) in [4.78, 5) is 5.23. The topological polar surface area (TPSA) is 75.7 Å². The third-order valence-electron chi connectivity index (χ3n) is 2.13. The lowest BCUT2D eigenvalue weighted by Crippen LogP contribution is -2.12. The number of nitrogen functional groups attached to an aromatic ring is 1. The van der Waals surface area contributed by atoms with E-state index in [0.29, 0.717) is 0 Å². The Bertz CT molecular complexity index is 562. The van der Waals surface area contributed by atoms with E-state index in [9.17, 15) is 0 Å². The van der Waals surface area contributed by atoms with Gasteiger partial charge < -0.3 is 5.73 Å². The minimum atomic E-state index is 0.0810. The van der Waals surface area contributed by atoms with Crippen LogP contribution in [0.25, 0.3) is 0 Å². The van der Waals surface area contributed by atoms with E-state index < -0.39 is 0 Å². The average Bonchev–Trinajstić information content (AvgIpc) is 2.66. The lowest BCUT2D eigenvalue weighted by Gasteiger charge is -2.06. The molecule has 0 spiro atoms. The molecule has 6 heteroatoms. The van der Waals surface area contributed by atoms with Gasteiger partial charge in [-0.25, -0.2) is 4.98 Å². The molecule has 0 atom stereocenters. The number of nitrogens with two attached hydrogens (primary N) is 1. The van der Waals surface area contributed by atoms with Crippen molar-refractivity contribution in [1.82, 2.24) is 9.36 Å². The molecule has 2 aromatic rings. The zero-order chi connectivity index (χ0) is 12.4. The van der Waals surface area contributed by atoms with Crippen LogP contribution in [-0.4, -0.2) is 15.2 Å². The van der Waals surface area contributed by atoms with E-state index in [0.717, 1.165) is 26.2 Å².